The van der Waals surface area contributed by atoms with Crippen LogP contribution in [0.1, 0.15) is 22.4 Å². The molecule has 0 N–H and O–H groups in total. The summed E-state index contributed by atoms with van der Waals surface area (Å²) in [5.41, 5.74) is 4.27. The van der Waals surface area contributed by atoms with Gasteiger partial charge in [-0.3, -0.25) is 4.98 Å². The van der Waals surface area contributed by atoms with Crippen LogP contribution in [0.2, 0.25) is 0 Å². The van der Waals surface area contributed by atoms with E-state index in [9.17, 15) is 16.8 Å². The first-order valence-electron chi connectivity index (χ1n) is 11.5. The number of aromatic nitrogens is 2. The fraction of sp³-hybridized carbons (Fsp3) is 0.148. The molecule has 0 unspecified atom stereocenters. The molecule has 3 heterocycles. The van der Waals surface area contributed by atoms with Gasteiger partial charge in [0.1, 0.15) is 0 Å². The highest BCUT2D eigenvalue weighted by molar-refractivity contribution is 7.90. The SMILES string of the molecule is Cc1ccc(S(=O)(=O)N2Cc3ncc4c(c3C2)c2ccccc2n4S(=O)(=O)c2ccc(C)cc2)cc1. The largest absolute Gasteiger partial charge is 0.268 e. The Bertz CT molecular complexity index is 1870. The fourth-order valence-corrected chi connectivity index (χ4v) is 7.71. The van der Waals surface area contributed by atoms with E-state index in [0.717, 1.165) is 22.1 Å². The molecule has 0 fully saturated rings. The van der Waals surface area contributed by atoms with Gasteiger partial charge in [-0.25, -0.2) is 20.8 Å². The molecule has 7 nitrogen and oxygen atoms in total. The van der Waals surface area contributed by atoms with Crippen LogP contribution in [0.15, 0.2) is 88.8 Å². The second-order valence-corrected chi connectivity index (χ2v) is 12.9. The Labute approximate surface area is 209 Å². The molecule has 3 aromatic carbocycles. The lowest BCUT2D eigenvalue weighted by Gasteiger charge is -2.15. The third-order valence-electron chi connectivity index (χ3n) is 6.74. The second-order valence-electron chi connectivity index (χ2n) is 9.13. The molecule has 0 radical (unpaired) electrons. The van der Waals surface area contributed by atoms with Gasteiger partial charge in [-0.05, 0) is 44.2 Å². The topological polar surface area (TPSA) is 89.3 Å². The maximum Gasteiger partial charge on any atom is 0.268 e. The third-order valence-corrected chi connectivity index (χ3v) is 10.3. The maximum absolute atomic E-state index is 13.8. The molecule has 0 saturated heterocycles. The van der Waals surface area contributed by atoms with E-state index in [0.29, 0.717) is 22.1 Å². The molecule has 0 spiro atoms. The normalized spacial score (nSPS) is 14.5. The van der Waals surface area contributed by atoms with Crippen LogP contribution >= 0.6 is 0 Å². The first kappa shape index (κ1) is 22.9. The molecular weight excluding hydrogens is 494 g/mol. The van der Waals surface area contributed by atoms with Crippen LogP contribution < -0.4 is 0 Å². The van der Waals surface area contributed by atoms with Crippen LogP contribution in [-0.4, -0.2) is 30.1 Å². The molecule has 2 aromatic heterocycles. The molecule has 6 rings (SSSR count). The summed E-state index contributed by atoms with van der Waals surface area (Å²) in [6, 6.07) is 20.8. The van der Waals surface area contributed by atoms with E-state index in [2.05, 4.69) is 4.98 Å². The number of benzene rings is 3. The lowest BCUT2D eigenvalue weighted by molar-refractivity contribution is 0.430. The Morgan fingerprint density at radius 2 is 1.28 bits per heavy atom. The van der Waals surface area contributed by atoms with Gasteiger partial charge < -0.3 is 0 Å². The molecule has 5 aromatic rings. The monoisotopic (exact) mass is 517 g/mol. The average molecular weight is 518 g/mol. The Kier molecular flexibility index (Phi) is 5.08. The molecule has 182 valence electrons. The van der Waals surface area contributed by atoms with E-state index >= 15 is 0 Å². The standard InChI is InChI=1S/C27H23N3O4S2/c1-18-7-11-20(12-8-18)35(31,32)29-16-23-24(17-29)28-15-26-27(23)22-5-3-4-6-25(22)30(26)36(33,34)21-13-9-19(2)10-14-21/h3-15H,16-17H2,1-2H3. The van der Waals surface area contributed by atoms with Crippen molar-refractivity contribution in [3.8, 4) is 0 Å². The summed E-state index contributed by atoms with van der Waals surface area (Å²) < 4.78 is 57.1. The minimum atomic E-state index is -3.93. The van der Waals surface area contributed by atoms with Gasteiger partial charge >= 0.3 is 0 Å². The van der Waals surface area contributed by atoms with Gasteiger partial charge in [0.2, 0.25) is 10.0 Å². The van der Waals surface area contributed by atoms with Gasteiger partial charge in [-0.15, -0.1) is 0 Å². The molecular formula is C27H23N3O4S2. The maximum atomic E-state index is 13.8. The Hall–Kier alpha value is -3.53. The molecule has 1 aliphatic rings. The summed E-state index contributed by atoms with van der Waals surface area (Å²) in [6.07, 6.45) is 1.54. The van der Waals surface area contributed by atoms with Gasteiger partial charge in [0.15, 0.2) is 0 Å². The number of rotatable bonds is 4. The smallest absolute Gasteiger partial charge is 0.257 e. The lowest BCUT2D eigenvalue weighted by Crippen LogP contribution is -2.25. The number of pyridine rings is 1. The van der Waals surface area contributed by atoms with Gasteiger partial charge in [0.25, 0.3) is 10.0 Å². The lowest BCUT2D eigenvalue weighted by atomic mass is 10.1. The zero-order valence-electron chi connectivity index (χ0n) is 19.7. The van der Waals surface area contributed by atoms with Crippen molar-refractivity contribution < 1.29 is 16.8 Å². The molecule has 1 aliphatic heterocycles. The van der Waals surface area contributed by atoms with E-state index in [-0.39, 0.29) is 22.9 Å². The van der Waals surface area contributed by atoms with E-state index in [1.54, 1.807) is 66.9 Å². The van der Waals surface area contributed by atoms with Gasteiger partial charge in [-0.1, -0.05) is 53.6 Å². The van der Waals surface area contributed by atoms with Crippen LogP contribution in [-0.2, 0) is 33.1 Å². The number of fused-ring (bicyclic) bond motifs is 5. The quantitative estimate of drug-likeness (QED) is 0.343. The Morgan fingerprint density at radius 3 is 1.92 bits per heavy atom. The van der Waals surface area contributed by atoms with Crippen LogP contribution in [0, 0.1) is 13.8 Å². The minimum absolute atomic E-state index is 0.120. The average Bonchev–Trinajstić information content (AvgIpc) is 3.44. The van der Waals surface area contributed by atoms with Crippen molar-refractivity contribution >= 4 is 41.9 Å². The molecule has 0 aliphatic carbocycles. The summed E-state index contributed by atoms with van der Waals surface area (Å²) in [7, 11) is -7.67. The highest BCUT2D eigenvalue weighted by atomic mass is 32.2. The predicted octanol–water partition coefficient (Wildman–Crippen LogP) is 4.75. The van der Waals surface area contributed by atoms with Crippen LogP contribution in [0.3, 0.4) is 0 Å². The molecule has 36 heavy (non-hydrogen) atoms. The van der Waals surface area contributed by atoms with Crippen molar-refractivity contribution in [3.63, 3.8) is 0 Å². The van der Waals surface area contributed by atoms with E-state index < -0.39 is 20.0 Å². The second kappa shape index (κ2) is 7.99. The number of hydrogen-bond donors (Lipinski definition) is 0. The molecule has 9 heteroatoms. The summed E-state index contributed by atoms with van der Waals surface area (Å²) in [5.74, 6) is 0. The molecule has 0 saturated carbocycles. The molecule has 0 atom stereocenters. The van der Waals surface area contributed by atoms with Crippen molar-refractivity contribution in [3.05, 3.63) is 101 Å². The zero-order chi connectivity index (χ0) is 25.2. The van der Waals surface area contributed by atoms with E-state index in [1.165, 1.54) is 8.28 Å². The predicted molar refractivity (Wildman–Crippen MR) is 139 cm³/mol. The molecule has 0 amide bonds. The van der Waals surface area contributed by atoms with Crippen molar-refractivity contribution in [1.29, 1.82) is 0 Å². The van der Waals surface area contributed by atoms with Crippen LogP contribution in [0.5, 0.6) is 0 Å². The first-order valence-corrected chi connectivity index (χ1v) is 14.3. The number of nitrogens with zero attached hydrogens (tertiary/aromatic N) is 3. The van der Waals surface area contributed by atoms with Gasteiger partial charge in [0.05, 0.1) is 39.3 Å². The summed E-state index contributed by atoms with van der Waals surface area (Å²) >= 11 is 0. The highest BCUT2D eigenvalue weighted by Crippen LogP contribution is 2.39. The third kappa shape index (κ3) is 3.38. The summed E-state index contributed by atoms with van der Waals surface area (Å²) in [4.78, 5) is 4.95. The van der Waals surface area contributed by atoms with E-state index in [4.69, 9.17) is 0 Å². The Balaban J connectivity index is 1.54. The number of sulfonamides is 1. The number of para-hydroxylation sites is 1. The number of aryl methyl sites for hydroxylation is 2. The van der Waals surface area contributed by atoms with Gasteiger partial charge in [0, 0.05) is 22.9 Å². The van der Waals surface area contributed by atoms with Crippen LogP contribution in [0.25, 0.3) is 21.8 Å². The highest BCUT2D eigenvalue weighted by Gasteiger charge is 2.34. The summed E-state index contributed by atoms with van der Waals surface area (Å²) in [5, 5.41) is 1.46. The first-order chi connectivity index (χ1) is 17.2. The number of hydrogen-bond acceptors (Lipinski definition) is 5. The molecule has 0 bridgehead atoms. The fourth-order valence-electron chi connectivity index (χ4n) is 4.84. The van der Waals surface area contributed by atoms with Crippen molar-refractivity contribution in [2.45, 2.75) is 36.7 Å². The summed E-state index contributed by atoms with van der Waals surface area (Å²) in [6.45, 7) is 4.06. The van der Waals surface area contributed by atoms with Crippen molar-refractivity contribution in [2.24, 2.45) is 0 Å². The van der Waals surface area contributed by atoms with Crippen LogP contribution in [0.4, 0.5) is 0 Å². The Morgan fingerprint density at radius 1 is 0.694 bits per heavy atom. The zero-order valence-corrected chi connectivity index (χ0v) is 21.3. The van der Waals surface area contributed by atoms with Crippen molar-refractivity contribution in [1.82, 2.24) is 13.3 Å². The van der Waals surface area contributed by atoms with Gasteiger partial charge in [-0.2, -0.15) is 4.31 Å². The van der Waals surface area contributed by atoms with E-state index in [1.807, 2.05) is 26.0 Å². The van der Waals surface area contributed by atoms with Crippen molar-refractivity contribution in [2.75, 3.05) is 0 Å². The minimum Gasteiger partial charge on any atom is -0.257 e.